The average Bonchev–Trinajstić information content (AvgIpc) is 2.90. The van der Waals surface area contributed by atoms with Gasteiger partial charge in [-0.15, -0.1) is 0 Å². The summed E-state index contributed by atoms with van der Waals surface area (Å²) in [7, 11) is 0. The molecule has 3 N–H and O–H groups in total. The van der Waals surface area contributed by atoms with Gasteiger partial charge in [0.2, 0.25) is 5.91 Å². The molecule has 0 radical (unpaired) electrons. The Morgan fingerprint density at radius 2 is 2.04 bits per heavy atom. The van der Waals surface area contributed by atoms with E-state index in [1.54, 1.807) is 36.1 Å². The van der Waals surface area contributed by atoms with Gasteiger partial charge in [-0.3, -0.25) is 9.59 Å². The predicted octanol–water partition coefficient (Wildman–Crippen LogP) is 2.70. The summed E-state index contributed by atoms with van der Waals surface area (Å²) < 4.78 is 0. The molecule has 6 nitrogen and oxygen atoms in total. The summed E-state index contributed by atoms with van der Waals surface area (Å²) >= 11 is 0. The molecule has 27 heavy (non-hydrogen) atoms. The molecule has 2 atom stereocenters. The van der Waals surface area contributed by atoms with Gasteiger partial charge in [-0.2, -0.15) is 0 Å². The highest BCUT2D eigenvalue weighted by Gasteiger charge is 2.48. The van der Waals surface area contributed by atoms with Crippen molar-refractivity contribution in [3.05, 3.63) is 35.9 Å². The van der Waals surface area contributed by atoms with Crippen LogP contribution in [0.5, 0.6) is 0 Å². The summed E-state index contributed by atoms with van der Waals surface area (Å²) in [6.45, 7) is 2.45. The van der Waals surface area contributed by atoms with Crippen molar-refractivity contribution in [3.8, 4) is 0 Å². The second-order valence-corrected chi connectivity index (χ2v) is 7.39. The zero-order valence-electron chi connectivity index (χ0n) is 15.8. The molecule has 0 spiro atoms. The summed E-state index contributed by atoms with van der Waals surface area (Å²) in [5.41, 5.74) is 0.111. The van der Waals surface area contributed by atoms with Gasteiger partial charge >= 0.3 is 0 Å². The van der Waals surface area contributed by atoms with Crippen molar-refractivity contribution in [1.82, 2.24) is 0 Å². The number of hydrogen-bond acceptors (Lipinski definition) is 4. The van der Waals surface area contributed by atoms with Crippen molar-refractivity contribution < 1.29 is 19.8 Å². The highest BCUT2D eigenvalue weighted by Crippen LogP contribution is 2.43. The molecule has 1 saturated heterocycles. The molecule has 0 saturated carbocycles. The number of anilines is 2. The first-order valence-electron chi connectivity index (χ1n) is 9.74. The van der Waals surface area contributed by atoms with E-state index in [4.69, 9.17) is 5.11 Å². The molecule has 0 aliphatic carbocycles. The number of carbonyl (C=O) groups excluding carboxylic acids is 2. The van der Waals surface area contributed by atoms with Crippen LogP contribution in [0.25, 0.3) is 0 Å². The van der Waals surface area contributed by atoms with Crippen molar-refractivity contribution in [2.45, 2.75) is 51.0 Å². The van der Waals surface area contributed by atoms with Crippen LogP contribution in [0.4, 0.5) is 11.4 Å². The lowest BCUT2D eigenvalue weighted by atomic mass is 9.82. The van der Waals surface area contributed by atoms with Crippen LogP contribution in [0.15, 0.2) is 30.4 Å². The number of benzene rings is 1. The number of fused-ring (bicyclic) bond motifs is 1. The number of aliphatic hydroxyl groups excluding tert-OH is 1. The SMILES string of the molecule is C[C@H](/C=C/CCO)[C@@]1(O)C(=O)Nc2ccc(N3CCCCCCC3=O)cc21. The summed E-state index contributed by atoms with van der Waals surface area (Å²) in [5.74, 6) is -0.843. The Morgan fingerprint density at radius 1 is 1.26 bits per heavy atom. The number of hydrogen-bond donors (Lipinski definition) is 3. The van der Waals surface area contributed by atoms with Crippen LogP contribution < -0.4 is 10.2 Å². The number of amides is 2. The average molecular weight is 372 g/mol. The minimum Gasteiger partial charge on any atom is -0.396 e. The van der Waals surface area contributed by atoms with E-state index in [1.807, 2.05) is 6.07 Å². The highest BCUT2D eigenvalue weighted by molar-refractivity contribution is 6.06. The van der Waals surface area contributed by atoms with Crippen molar-refractivity contribution in [3.63, 3.8) is 0 Å². The Kier molecular flexibility index (Phi) is 5.97. The van der Waals surface area contributed by atoms with Crippen LogP contribution in [-0.4, -0.2) is 35.2 Å². The van der Waals surface area contributed by atoms with Crippen molar-refractivity contribution in [2.24, 2.45) is 5.92 Å². The van der Waals surface area contributed by atoms with E-state index in [2.05, 4.69) is 5.32 Å². The first-order valence-corrected chi connectivity index (χ1v) is 9.74. The fourth-order valence-corrected chi connectivity index (χ4v) is 3.86. The zero-order valence-corrected chi connectivity index (χ0v) is 15.8. The molecule has 2 amide bonds. The number of rotatable bonds is 5. The van der Waals surface area contributed by atoms with Crippen LogP contribution in [-0.2, 0) is 15.2 Å². The minimum atomic E-state index is -1.69. The molecular formula is C21H28N2O4. The van der Waals surface area contributed by atoms with E-state index in [1.165, 1.54) is 0 Å². The molecule has 2 heterocycles. The van der Waals surface area contributed by atoms with Crippen LogP contribution in [0, 0.1) is 5.92 Å². The predicted molar refractivity (Wildman–Crippen MR) is 104 cm³/mol. The van der Waals surface area contributed by atoms with Gasteiger partial charge in [-0.05, 0) is 37.5 Å². The third-order valence-electron chi connectivity index (χ3n) is 5.52. The van der Waals surface area contributed by atoms with Gasteiger partial charge < -0.3 is 20.4 Å². The van der Waals surface area contributed by atoms with Gasteiger partial charge in [-0.25, -0.2) is 0 Å². The van der Waals surface area contributed by atoms with E-state index in [0.29, 0.717) is 30.6 Å². The van der Waals surface area contributed by atoms with E-state index < -0.39 is 17.4 Å². The minimum absolute atomic E-state index is 0.0195. The lowest BCUT2D eigenvalue weighted by Gasteiger charge is -2.29. The summed E-state index contributed by atoms with van der Waals surface area (Å²) in [6.07, 6.45) is 8.54. The second kappa shape index (κ2) is 8.23. The van der Waals surface area contributed by atoms with Gasteiger partial charge in [0.05, 0.1) is 0 Å². The maximum atomic E-state index is 12.6. The summed E-state index contributed by atoms with van der Waals surface area (Å²) in [4.78, 5) is 26.9. The molecule has 1 aromatic rings. The first-order chi connectivity index (χ1) is 13.0. The van der Waals surface area contributed by atoms with E-state index >= 15 is 0 Å². The van der Waals surface area contributed by atoms with Crippen molar-refractivity contribution in [1.29, 1.82) is 0 Å². The summed E-state index contributed by atoms with van der Waals surface area (Å²) in [6, 6.07) is 5.36. The third kappa shape index (κ3) is 3.77. The molecule has 0 bridgehead atoms. The molecule has 1 fully saturated rings. The first kappa shape index (κ1) is 19.6. The van der Waals surface area contributed by atoms with Gasteiger partial charge in [0.15, 0.2) is 5.60 Å². The maximum Gasteiger partial charge on any atom is 0.261 e. The zero-order chi connectivity index (χ0) is 19.4. The fourth-order valence-electron chi connectivity index (χ4n) is 3.86. The molecular weight excluding hydrogens is 344 g/mol. The molecule has 3 rings (SSSR count). The monoisotopic (exact) mass is 372 g/mol. The smallest absolute Gasteiger partial charge is 0.261 e. The maximum absolute atomic E-state index is 12.6. The van der Waals surface area contributed by atoms with Crippen LogP contribution in [0.3, 0.4) is 0 Å². The lowest BCUT2D eigenvalue weighted by Crippen LogP contribution is -2.40. The lowest BCUT2D eigenvalue weighted by molar-refractivity contribution is -0.137. The Hall–Kier alpha value is -2.18. The number of nitrogens with one attached hydrogen (secondary N) is 1. The van der Waals surface area contributed by atoms with Gasteiger partial charge in [-0.1, -0.05) is 31.9 Å². The van der Waals surface area contributed by atoms with Gasteiger partial charge in [0.1, 0.15) is 0 Å². The molecule has 0 aromatic heterocycles. The molecule has 0 unspecified atom stereocenters. The Bertz CT molecular complexity index is 746. The molecule has 146 valence electrons. The Labute approximate surface area is 159 Å². The topological polar surface area (TPSA) is 89.9 Å². The van der Waals surface area contributed by atoms with Gasteiger partial charge in [0, 0.05) is 42.4 Å². The van der Waals surface area contributed by atoms with Crippen molar-refractivity contribution >= 4 is 23.2 Å². The second-order valence-electron chi connectivity index (χ2n) is 7.39. The fraction of sp³-hybridized carbons (Fsp3) is 0.524. The number of carbonyl (C=O) groups is 2. The largest absolute Gasteiger partial charge is 0.396 e. The van der Waals surface area contributed by atoms with Crippen molar-refractivity contribution in [2.75, 3.05) is 23.4 Å². The van der Waals surface area contributed by atoms with E-state index in [9.17, 15) is 14.7 Å². The summed E-state index contributed by atoms with van der Waals surface area (Å²) in [5, 5.41) is 22.9. The van der Waals surface area contributed by atoms with E-state index in [-0.39, 0.29) is 12.5 Å². The van der Waals surface area contributed by atoms with Gasteiger partial charge in [0.25, 0.3) is 5.91 Å². The molecule has 2 aliphatic heterocycles. The number of aliphatic hydroxyl groups is 2. The van der Waals surface area contributed by atoms with Crippen LogP contribution >= 0.6 is 0 Å². The third-order valence-corrected chi connectivity index (χ3v) is 5.52. The van der Waals surface area contributed by atoms with Crippen LogP contribution in [0.1, 0.15) is 51.0 Å². The standard InChI is InChI=1S/C21H28N2O4/c1-15(8-5-7-13-24)21(27)17-14-16(10-11-18(17)22-20(21)26)23-12-6-3-2-4-9-19(23)25/h5,8,10-11,14-15,24,27H,2-4,6-7,9,12-13H2,1H3,(H,22,26)/b8-5+/t15-,21+/m1/s1. The Morgan fingerprint density at radius 3 is 2.81 bits per heavy atom. The quantitative estimate of drug-likeness (QED) is 0.693. The molecule has 2 aliphatic rings. The Balaban J connectivity index is 1.94. The number of nitrogens with zero attached hydrogens (tertiary/aromatic N) is 1. The normalized spacial score (nSPS) is 24.5. The highest BCUT2D eigenvalue weighted by atomic mass is 16.3. The molecule has 1 aromatic carbocycles. The molecule has 6 heteroatoms. The van der Waals surface area contributed by atoms with Crippen LogP contribution in [0.2, 0.25) is 0 Å². The van der Waals surface area contributed by atoms with E-state index in [0.717, 1.165) is 31.4 Å².